The fourth-order valence-electron chi connectivity index (χ4n) is 3.39. The third-order valence-electron chi connectivity index (χ3n) is 4.81. The van der Waals surface area contributed by atoms with Crippen LogP contribution in [-0.2, 0) is 20.9 Å². The van der Waals surface area contributed by atoms with E-state index in [1.54, 1.807) is 4.90 Å². The van der Waals surface area contributed by atoms with Crippen molar-refractivity contribution in [2.75, 3.05) is 19.8 Å². The van der Waals surface area contributed by atoms with E-state index in [1.807, 2.05) is 24.3 Å². The van der Waals surface area contributed by atoms with Gasteiger partial charge in [0, 0.05) is 26.6 Å². The van der Waals surface area contributed by atoms with Gasteiger partial charge in [0.2, 0.25) is 11.8 Å². The molecule has 3 rings (SSSR count). The topological polar surface area (TPSA) is 67.9 Å². The Balaban J connectivity index is 1.45. The van der Waals surface area contributed by atoms with E-state index in [0.29, 0.717) is 19.7 Å². The largest absolute Gasteiger partial charge is 0.491 e. The molecule has 6 nitrogen and oxygen atoms in total. The molecule has 0 aliphatic carbocycles. The van der Waals surface area contributed by atoms with Crippen molar-refractivity contribution >= 4 is 11.8 Å². The summed E-state index contributed by atoms with van der Waals surface area (Å²) in [5.74, 6) is 0.695. The van der Waals surface area contributed by atoms with Gasteiger partial charge in [0.15, 0.2) is 0 Å². The number of rotatable bonds is 6. The van der Waals surface area contributed by atoms with E-state index in [9.17, 15) is 9.59 Å². The third-order valence-corrected chi connectivity index (χ3v) is 4.81. The SMILES string of the molecule is CC(=O)N1CCC[C@H]1C(=O)NCc1ccc(OC[C@H]2CCCO2)cc1. The molecule has 0 aromatic heterocycles. The highest BCUT2D eigenvalue weighted by atomic mass is 16.5. The highest BCUT2D eigenvalue weighted by Crippen LogP contribution is 2.18. The predicted octanol–water partition coefficient (Wildman–Crippen LogP) is 1.87. The summed E-state index contributed by atoms with van der Waals surface area (Å²) >= 11 is 0. The normalized spacial score (nSPS) is 22.8. The third kappa shape index (κ3) is 4.72. The summed E-state index contributed by atoms with van der Waals surface area (Å²) < 4.78 is 11.3. The molecule has 0 radical (unpaired) electrons. The minimum atomic E-state index is -0.327. The van der Waals surface area contributed by atoms with Gasteiger partial charge in [-0.15, -0.1) is 0 Å². The van der Waals surface area contributed by atoms with Gasteiger partial charge in [-0.1, -0.05) is 12.1 Å². The van der Waals surface area contributed by atoms with Crippen LogP contribution in [0.15, 0.2) is 24.3 Å². The van der Waals surface area contributed by atoms with Crippen molar-refractivity contribution in [3.63, 3.8) is 0 Å². The number of likely N-dealkylation sites (tertiary alicyclic amines) is 1. The summed E-state index contributed by atoms with van der Waals surface area (Å²) in [5, 5.41) is 2.93. The second-order valence-electron chi connectivity index (χ2n) is 6.68. The van der Waals surface area contributed by atoms with E-state index in [4.69, 9.17) is 9.47 Å². The summed E-state index contributed by atoms with van der Waals surface area (Å²) in [4.78, 5) is 25.5. The van der Waals surface area contributed by atoms with Gasteiger partial charge in [-0.2, -0.15) is 0 Å². The predicted molar refractivity (Wildman–Crippen MR) is 93.2 cm³/mol. The Morgan fingerprint density at radius 3 is 2.72 bits per heavy atom. The molecule has 25 heavy (non-hydrogen) atoms. The Kier molecular flexibility index (Phi) is 5.91. The molecule has 0 unspecified atom stereocenters. The minimum Gasteiger partial charge on any atom is -0.491 e. The van der Waals surface area contributed by atoms with Crippen LogP contribution >= 0.6 is 0 Å². The lowest BCUT2D eigenvalue weighted by Gasteiger charge is -2.22. The molecule has 2 amide bonds. The minimum absolute atomic E-state index is 0.0367. The monoisotopic (exact) mass is 346 g/mol. The lowest BCUT2D eigenvalue weighted by molar-refractivity contribution is -0.136. The average Bonchev–Trinajstić information content (AvgIpc) is 3.30. The molecule has 1 aromatic rings. The van der Waals surface area contributed by atoms with E-state index < -0.39 is 0 Å². The van der Waals surface area contributed by atoms with Crippen LogP contribution in [0.2, 0.25) is 0 Å². The number of carbonyl (C=O) groups is 2. The van der Waals surface area contributed by atoms with Crippen molar-refractivity contribution in [1.29, 1.82) is 0 Å². The summed E-state index contributed by atoms with van der Waals surface area (Å²) in [7, 11) is 0. The van der Waals surface area contributed by atoms with Crippen LogP contribution < -0.4 is 10.1 Å². The maximum atomic E-state index is 12.3. The Bertz CT molecular complexity index is 596. The van der Waals surface area contributed by atoms with Gasteiger partial charge in [-0.3, -0.25) is 9.59 Å². The Labute approximate surface area is 148 Å². The standard InChI is InChI=1S/C19H26N2O4/c1-14(22)21-10-2-5-18(21)19(23)20-12-15-6-8-16(9-7-15)25-13-17-4-3-11-24-17/h6-9,17-18H,2-5,10-13H2,1H3,(H,20,23)/t17-,18+/m1/s1. The van der Waals surface area contributed by atoms with Crippen LogP contribution in [0.1, 0.15) is 38.2 Å². The number of ether oxygens (including phenoxy) is 2. The van der Waals surface area contributed by atoms with E-state index in [1.165, 1.54) is 6.92 Å². The lowest BCUT2D eigenvalue weighted by atomic mass is 10.2. The van der Waals surface area contributed by atoms with Gasteiger partial charge >= 0.3 is 0 Å². The van der Waals surface area contributed by atoms with E-state index in [0.717, 1.165) is 43.6 Å². The molecule has 6 heteroatoms. The molecule has 2 aliphatic heterocycles. The summed E-state index contributed by atoms with van der Waals surface area (Å²) in [6, 6.07) is 7.39. The molecule has 0 spiro atoms. The van der Waals surface area contributed by atoms with Gasteiger partial charge in [0.25, 0.3) is 0 Å². The van der Waals surface area contributed by atoms with Crippen molar-refractivity contribution in [1.82, 2.24) is 10.2 Å². The van der Waals surface area contributed by atoms with E-state index in [2.05, 4.69) is 5.32 Å². The number of nitrogens with one attached hydrogen (secondary N) is 1. The Morgan fingerprint density at radius 1 is 1.24 bits per heavy atom. The quantitative estimate of drug-likeness (QED) is 0.854. The highest BCUT2D eigenvalue weighted by molar-refractivity contribution is 5.87. The van der Waals surface area contributed by atoms with Crippen LogP contribution in [0.4, 0.5) is 0 Å². The number of hydrogen-bond acceptors (Lipinski definition) is 4. The summed E-state index contributed by atoms with van der Waals surface area (Å²) in [6.45, 7) is 4.05. The average molecular weight is 346 g/mol. The summed E-state index contributed by atoms with van der Waals surface area (Å²) in [6.07, 6.45) is 3.99. The van der Waals surface area contributed by atoms with Crippen molar-refractivity contribution in [2.24, 2.45) is 0 Å². The van der Waals surface area contributed by atoms with Gasteiger partial charge < -0.3 is 19.7 Å². The van der Waals surface area contributed by atoms with E-state index in [-0.39, 0.29) is 24.0 Å². The first-order valence-electron chi connectivity index (χ1n) is 9.02. The molecule has 2 fully saturated rings. The zero-order chi connectivity index (χ0) is 17.6. The fraction of sp³-hybridized carbons (Fsp3) is 0.579. The second-order valence-corrected chi connectivity index (χ2v) is 6.68. The molecule has 2 aliphatic rings. The molecule has 1 N–H and O–H groups in total. The van der Waals surface area contributed by atoms with Crippen LogP contribution in [0.5, 0.6) is 5.75 Å². The van der Waals surface area contributed by atoms with Crippen LogP contribution in [0.25, 0.3) is 0 Å². The first kappa shape index (κ1) is 17.7. The fourth-order valence-corrected chi connectivity index (χ4v) is 3.39. The Hall–Kier alpha value is -2.08. The first-order chi connectivity index (χ1) is 12.1. The van der Waals surface area contributed by atoms with Crippen LogP contribution in [0.3, 0.4) is 0 Å². The number of nitrogens with zero attached hydrogens (tertiary/aromatic N) is 1. The van der Waals surface area contributed by atoms with E-state index >= 15 is 0 Å². The molecule has 2 atom stereocenters. The lowest BCUT2D eigenvalue weighted by Crippen LogP contribution is -2.44. The van der Waals surface area contributed by atoms with Gasteiger partial charge in [0.1, 0.15) is 18.4 Å². The van der Waals surface area contributed by atoms with Crippen LogP contribution in [-0.4, -0.2) is 48.6 Å². The summed E-state index contributed by atoms with van der Waals surface area (Å²) in [5.41, 5.74) is 1.00. The van der Waals surface area contributed by atoms with Crippen LogP contribution in [0, 0.1) is 0 Å². The van der Waals surface area contributed by atoms with Crippen molar-refractivity contribution < 1.29 is 19.1 Å². The number of amides is 2. The second kappa shape index (κ2) is 8.34. The molecule has 136 valence electrons. The zero-order valence-electron chi connectivity index (χ0n) is 14.7. The maximum absolute atomic E-state index is 12.3. The molecular formula is C19H26N2O4. The molecular weight excluding hydrogens is 320 g/mol. The van der Waals surface area contributed by atoms with Crippen molar-refractivity contribution in [3.8, 4) is 5.75 Å². The zero-order valence-corrected chi connectivity index (χ0v) is 14.7. The molecule has 0 bridgehead atoms. The van der Waals surface area contributed by atoms with Gasteiger partial charge in [-0.05, 0) is 43.4 Å². The van der Waals surface area contributed by atoms with Crippen molar-refractivity contribution in [3.05, 3.63) is 29.8 Å². The number of benzene rings is 1. The van der Waals surface area contributed by atoms with Crippen molar-refractivity contribution in [2.45, 2.75) is 51.3 Å². The smallest absolute Gasteiger partial charge is 0.243 e. The maximum Gasteiger partial charge on any atom is 0.243 e. The highest BCUT2D eigenvalue weighted by Gasteiger charge is 2.31. The molecule has 0 saturated carbocycles. The Morgan fingerprint density at radius 2 is 2.04 bits per heavy atom. The first-order valence-corrected chi connectivity index (χ1v) is 9.02. The van der Waals surface area contributed by atoms with Gasteiger partial charge in [0.05, 0.1) is 6.10 Å². The number of hydrogen-bond donors (Lipinski definition) is 1. The number of carbonyl (C=O) groups excluding carboxylic acids is 2. The van der Waals surface area contributed by atoms with Gasteiger partial charge in [-0.25, -0.2) is 0 Å². The molecule has 2 saturated heterocycles. The molecule has 2 heterocycles. The molecule has 1 aromatic carbocycles.